The highest BCUT2D eigenvalue weighted by atomic mass is 32.2. The molecular formula is C13H16N2O3S. The summed E-state index contributed by atoms with van der Waals surface area (Å²) in [6.45, 7) is 1.91. The maximum atomic E-state index is 11.5. The number of fused-ring (bicyclic) bond motifs is 1. The van der Waals surface area contributed by atoms with Crippen LogP contribution in [0.4, 0.5) is 11.4 Å². The van der Waals surface area contributed by atoms with Gasteiger partial charge in [-0.3, -0.25) is 4.79 Å². The van der Waals surface area contributed by atoms with Crippen LogP contribution >= 0.6 is 11.8 Å². The van der Waals surface area contributed by atoms with Gasteiger partial charge >= 0.3 is 5.97 Å². The normalized spacial score (nSPS) is 15.2. The molecule has 1 amide bonds. The zero-order valence-electron chi connectivity index (χ0n) is 10.9. The number of thioether (sulfide) groups is 1. The molecule has 6 heteroatoms. The third-order valence-corrected chi connectivity index (χ3v) is 3.92. The fourth-order valence-corrected chi connectivity index (χ4v) is 2.63. The fourth-order valence-electron chi connectivity index (χ4n) is 1.84. The summed E-state index contributed by atoms with van der Waals surface area (Å²) in [4.78, 5) is 23.9. The number of amides is 1. The second-order valence-corrected chi connectivity index (χ2v) is 5.19. The summed E-state index contributed by atoms with van der Waals surface area (Å²) in [5.74, 6) is 0.146. The van der Waals surface area contributed by atoms with Gasteiger partial charge in [-0.25, -0.2) is 4.79 Å². The summed E-state index contributed by atoms with van der Waals surface area (Å²) in [5.41, 5.74) is 1.57. The predicted octanol–water partition coefficient (Wildman–Crippen LogP) is 2.09. The highest BCUT2D eigenvalue weighted by Gasteiger charge is 2.19. The van der Waals surface area contributed by atoms with Gasteiger partial charge in [0.05, 0.1) is 18.6 Å². The summed E-state index contributed by atoms with van der Waals surface area (Å²) in [5, 5.41) is 5.93. The Balaban J connectivity index is 2.15. The van der Waals surface area contributed by atoms with Crippen molar-refractivity contribution >= 4 is 35.0 Å². The highest BCUT2D eigenvalue weighted by Crippen LogP contribution is 2.33. The van der Waals surface area contributed by atoms with Gasteiger partial charge in [0.2, 0.25) is 5.91 Å². The Morgan fingerprint density at radius 3 is 3.05 bits per heavy atom. The molecule has 19 heavy (non-hydrogen) atoms. The minimum absolute atomic E-state index is 0.00494. The van der Waals surface area contributed by atoms with Crippen LogP contribution < -0.4 is 10.6 Å². The number of rotatable bonds is 4. The van der Waals surface area contributed by atoms with Crippen LogP contribution in [0.25, 0.3) is 0 Å². The lowest BCUT2D eigenvalue weighted by Gasteiger charge is -2.20. The standard InChI is InChI=1S/C13H16N2O3S/c1-3-9(13(17)18-2)14-8-4-5-11-10(6-8)15-12(16)7-19-11/h4-6,9,14H,3,7H2,1-2H3,(H,15,16). The number of hydrogen-bond donors (Lipinski definition) is 2. The Hall–Kier alpha value is -1.69. The number of carbonyl (C=O) groups excluding carboxylic acids is 2. The average molecular weight is 280 g/mol. The van der Waals surface area contributed by atoms with E-state index >= 15 is 0 Å². The summed E-state index contributed by atoms with van der Waals surface area (Å²) in [6.07, 6.45) is 0.630. The van der Waals surface area contributed by atoms with Crippen molar-refractivity contribution in [1.82, 2.24) is 0 Å². The van der Waals surface area contributed by atoms with E-state index in [1.165, 1.54) is 18.9 Å². The molecule has 2 rings (SSSR count). The van der Waals surface area contributed by atoms with Crippen molar-refractivity contribution < 1.29 is 14.3 Å². The Morgan fingerprint density at radius 1 is 1.58 bits per heavy atom. The minimum atomic E-state index is -0.380. The van der Waals surface area contributed by atoms with Crippen LogP contribution in [-0.2, 0) is 14.3 Å². The number of ether oxygens (including phenoxy) is 1. The molecule has 0 saturated carbocycles. The maximum Gasteiger partial charge on any atom is 0.328 e. The van der Waals surface area contributed by atoms with Crippen molar-refractivity contribution in [3.8, 4) is 0 Å². The monoisotopic (exact) mass is 280 g/mol. The maximum absolute atomic E-state index is 11.5. The molecule has 0 aromatic heterocycles. The number of hydrogen-bond acceptors (Lipinski definition) is 5. The lowest BCUT2D eigenvalue weighted by atomic mass is 10.2. The molecule has 1 heterocycles. The first-order valence-corrected chi connectivity index (χ1v) is 7.03. The van der Waals surface area contributed by atoms with Gasteiger partial charge in [0, 0.05) is 10.6 Å². The molecule has 1 aromatic carbocycles. The van der Waals surface area contributed by atoms with Crippen LogP contribution in [0, 0.1) is 0 Å². The molecule has 0 bridgehead atoms. The van der Waals surface area contributed by atoms with E-state index in [0.29, 0.717) is 12.2 Å². The third kappa shape index (κ3) is 3.20. The van der Waals surface area contributed by atoms with Crippen LogP contribution in [0.15, 0.2) is 23.1 Å². The summed E-state index contributed by atoms with van der Waals surface area (Å²) in [6, 6.07) is 5.29. The molecule has 1 atom stereocenters. The minimum Gasteiger partial charge on any atom is -0.467 e. The van der Waals surface area contributed by atoms with Gasteiger partial charge in [-0.2, -0.15) is 0 Å². The van der Waals surface area contributed by atoms with E-state index in [1.54, 1.807) is 0 Å². The number of nitrogens with one attached hydrogen (secondary N) is 2. The first-order valence-electron chi connectivity index (χ1n) is 6.05. The molecule has 1 aliphatic rings. The Kier molecular flexibility index (Phi) is 4.31. The van der Waals surface area contributed by atoms with Crippen molar-refractivity contribution in [3.05, 3.63) is 18.2 Å². The van der Waals surface area contributed by atoms with Gasteiger partial charge in [-0.1, -0.05) is 6.92 Å². The molecule has 0 spiro atoms. The largest absolute Gasteiger partial charge is 0.467 e. The number of methoxy groups -OCH3 is 1. The SMILES string of the molecule is CCC(Nc1ccc2c(c1)NC(=O)CS2)C(=O)OC. The van der Waals surface area contributed by atoms with Crippen molar-refractivity contribution in [1.29, 1.82) is 0 Å². The molecule has 0 fully saturated rings. The van der Waals surface area contributed by atoms with Gasteiger partial charge in [-0.05, 0) is 24.6 Å². The van der Waals surface area contributed by atoms with Crippen molar-refractivity contribution in [2.24, 2.45) is 0 Å². The van der Waals surface area contributed by atoms with Gasteiger partial charge < -0.3 is 15.4 Å². The van der Waals surface area contributed by atoms with E-state index in [2.05, 4.69) is 10.6 Å². The first-order chi connectivity index (χ1) is 9.13. The topological polar surface area (TPSA) is 67.4 Å². The molecule has 0 radical (unpaired) electrons. The molecule has 0 aliphatic carbocycles. The highest BCUT2D eigenvalue weighted by molar-refractivity contribution is 8.00. The summed E-state index contributed by atoms with van der Waals surface area (Å²) < 4.78 is 4.73. The van der Waals surface area contributed by atoms with Gasteiger partial charge in [0.1, 0.15) is 6.04 Å². The van der Waals surface area contributed by atoms with Crippen molar-refractivity contribution in [2.45, 2.75) is 24.3 Å². The third-order valence-electron chi connectivity index (χ3n) is 2.85. The summed E-state index contributed by atoms with van der Waals surface area (Å²) in [7, 11) is 1.37. The van der Waals surface area contributed by atoms with Gasteiger partial charge in [-0.15, -0.1) is 11.8 Å². The van der Waals surface area contributed by atoms with E-state index in [-0.39, 0.29) is 17.9 Å². The zero-order valence-corrected chi connectivity index (χ0v) is 11.7. The van der Waals surface area contributed by atoms with E-state index in [1.807, 2.05) is 25.1 Å². The number of esters is 1. The number of benzene rings is 1. The lowest BCUT2D eigenvalue weighted by molar-refractivity contribution is -0.141. The molecule has 2 N–H and O–H groups in total. The van der Waals surface area contributed by atoms with E-state index < -0.39 is 0 Å². The first kappa shape index (κ1) is 13.7. The second kappa shape index (κ2) is 5.97. The zero-order chi connectivity index (χ0) is 13.8. The van der Waals surface area contributed by atoms with E-state index in [4.69, 9.17) is 4.74 Å². The van der Waals surface area contributed by atoms with Crippen LogP contribution in [0.1, 0.15) is 13.3 Å². The van der Waals surface area contributed by atoms with Gasteiger partial charge in [0.25, 0.3) is 0 Å². The Labute approximate surface area is 116 Å². The molecule has 1 unspecified atom stereocenters. The number of carbonyl (C=O) groups is 2. The number of anilines is 2. The van der Waals surface area contributed by atoms with Crippen LogP contribution in [0.3, 0.4) is 0 Å². The van der Waals surface area contributed by atoms with Crippen molar-refractivity contribution in [3.63, 3.8) is 0 Å². The van der Waals surface area contributed by atoms with Gasteiger partial charge in [0.15, 0.2) is 0 Å². The average Bonchev–Trinajstić information content (AvgIpc) is 2.43. The van der Waals surface area contributed by atoms with E-state index in [9.17, 15) is 9.59 Å². The van der Waals surface area contributed by atoms with Crippen LogP contribution in [0.2, 0.25) is 0 Å². The fraction of sp³-hybridized carbons (Fsp3) is 0.385. The smallest absolute Gasteiger partial charge is 0.328 e. The van der Waals surface area contributed by atoms with E-state index in [0.717, 1.165) is 16.3 Å². The Morgan fingerprint density at radius 2 is 2.37 bits per heavy atom. The molecule has 1 aliphatic heterocycles. The quantitative estimate of drug-likeness (QED) is 0.827. The molecule has 1 aromatic rings. The van der Waals surface area contributed by atoms with Crippen LogP contribution in [-0.4, -0.2) is 30.8 Å². The second-order valence-electron chi connectivity index (χ2n) is 4.18. The predicted molar refractivity (Wildman–Crippen MR) is 75.5 cm³/mol. The molecule has 102 valence electrons. The molecule has 0 saturated heterocycles. The van der Waals surface area contributed by atoms with Crippen LogP contribution in [0.5, 0.6) is 0 Å². The molecular weight excluding hydrogens is 264 g/mol. The Bertz CT molecular complexity index is 505. The van der Waals surface area contributed by atoms with Crippen molar-refractivity contribution in [2.75, 3.05) is 23.5 Å². The molecule has 5 nitrogen and oxygen atoms in total. The lowest BCUT2D eigenvalue weighted by Crippen LogP contribution is -2.30. The summed E-state index contributed by atoms with van der Waals surface area (Å²) >= 11 is 1.51.